The van der Waals surface area contributed by atoms with E-state index in [0.717, 1.165) is 12.8 Å². The first-order chi connectivity index (χ1) is 12.7. The number of H-pyrrole nitrogens is 1. The molecule has 2 aliphatic heterocycles. The summed E-state index contributed by atoms with van der Waals surface area (Å²) in [5.74, 6) is 2.20. The summed E-state index contributed by atoms with van der Waals surface area (Å²) in [7, 11) is 1.59. The molecule has 2 aliphatic rings. The molecule has 2 fully saturated rings. The van der Waals surface area contributed by atoms with Crippen molar-refractivity contribution in [3.8, 4) is 5.88 Å². The van der Waals surface area contributed by atoms with Crippen LogP contribution in [0.25, 0.3) is 0 Å². The van der Waals surface area contributed by atoms with Crippen LogP contribution in [0.2, 0.25) is 0 Å². The first kappa shape index (κ1) is 17.0. The molecule has 0 amide bonds. The molecule has 0 saturated carbocycles. The zero-order valence-corrected chi connectivity index (χ0v) is 14.8. The van der Waals surface area contributed by atoms with Crippen LogP contribution >= 0.6 is 0 Å². The molecule has 2 bridgehead atoms. The average molecular weight is 359 g/mol. The number of aliphatic hydroxyl groups excluding tert-OH is 1. The summed E-state index contributed by atoms with van der Waals surface area (Å²) in [4.78, 5) is 8.98. The second-order valence-corrected chi connectivity index (χ2v) is 6.98. The van der Waals surface area contributed by atoms with Crippen LogP contribution in [0.15, 0.2) is 12.1 Å². The Morgan fingerprint density at radius 1 is 1.19 bits per heavy atom. The van der Waals surface area contributed by atoms with Crippen molar-refractivity contribution in [3.05, 3.63) is 17.8 Å². The normalized spacial score (nSPS) is 24.9. The van der Waals surface area contributed by atoms with Crippen LogP contribution in [0, 0.1) is 0 Å². The molecule has 4 heterocycles. The molecule has 4 rings (SSSR count). The first-order valence-corrected chi connectivity index (χ1v) is 9.09. The molecule has 2 aromatic rings. The lowest BCUT2D eigenvalue weighted by Gasteiger charge is -2.40. The van der Waals surface area contributed by atoms with Gasteiger partial charge >= 0.3 is 0 Å². The Kier molecular flexibility index (Phi) is 4.89. The standard InChI is InChI=1S/C17H25N7O2/c1-26-16-8-14(20-15-7-13(9-25)23-24-15)21-17(22-16)19-12-5-10-3-2-4-11(6-12)18-10/h7-8,10-12,18,25H,2-6,9H2,1H3,(H3,19,20,21,22,23,24). The van der Waals surface area contributed by atoms with E-state index in [4.69, 9.17) is 9.84 Å². The Hall–Kier alpha value is -2.39. The second-order valence-electron chi connectivity index (χ2n) is 6.98. The van der Waals surface area contributed by atoms with Crippen molar-refractivity contribution in [2.45, 2.75) is 56.8 Å². The number of aromatic amines is 1. The van der Waals surface area contributed by atoms with Gasteiger partial charge in [0.1, 0.15) is 5.82 Å². The number of rotatable bonds is 6. The van der Waals surface area contributed by atoms with Crippen LogP contribution in [0.3, 0.4) is 0 Å². The van der Waals surface area contributed by atoms with Crippen molar-refractivity contribution in [2.24, 2.45) is 0 Å². The van der Waals surface area contributed by atoms with Crippen LogP contribution in [0.4, 0.5) is 17.6 Å². The fourth-order valence-electron chi connectivity index (χ4n) is 3.86. The molecule has 2 unspecified atom stereocenters. The number of nitrogens with one attached hydrogen (secondary N) is 4. The number of piperidine rings is 2. The zero-order valence-electron chi connectivity index (χ0n) is 14.8. The van der Waals surface area contributed by atoms with Crippen molar-refractivity contribution in [1.82, 2.24) is 25.5 Å². The lowest BCUT2D eigenvalue weighted by Crippen LogP contribution is -2.52. The third kappa shape index (κ3) is 3.88. The molecule has 0 aromatic carbocycles. The first-order valence-electron chi connectivity index (χ1n) is 9.09. The van der Waals surface area contributed by atoms with Gasteiger partial charge in [-0.25, -0.2) is 0 Å². The summed E-state index contributed by atoms with van der Waals surface area (Å²) in [5.41, 5.74) is 0.633. The molecule has 26 heavy (non-hydrogen) atoms. The van der Waals surface area contributed by atoms with Gasteiger partial charge in [0.05, 0.1) is 19.4 Å². The van der Waals surface area contributed by atoms with Crippen LogP contribution < -0.4 is 20.7 Å². The summed E-state index contributed by atoms with van der Waals surface area (Å²) in [6.45, 7) is -0.0906. The predicted octanol–water partition coefficient (Wildman–Crippen LogP) is 1.53. The molecule has 9 nitrogen and oxygen atoms in total. The molecular formula is C17H25N7O2. The zero-order chi connectivity index (χ0) is 17.9. The third-order valence-electron chi connectivity index (χ3n) is 5.02. The maximum atomic E-state index is 9.13. The van der Waals surface area contributed by atoms with Crippen molar-refractivity contribution < 1.29 is 9.84 Å². The molecule has 9 heteroatoms. The number of fused-ring (bicyclic) bond motifs is 2. The molecule has 5 N–H and O–H groups in total. The summed E-state index contributed by atoms with van der Waals surface area (Å²) < 4.78 is 5.31. The highest BCUT2D eigenvalue weighted by atomic mass is 16.5. The highest BCUT2D eigenvalue weighted by Gasteiger charge is 2.31. The molecule has 2 aromatic heterocycles. The van der Waals surface area contributed by atoms with E-state index in [1.54, 1.807) is 19.2 Å². The lowest BCUT2D eigenvalue weighted by atomic mass is 9.84. The van der Waals surface area contributed by atoms with Crippen molar-refractivity contribution in [2.75, 3.05) is 17.7 Å². The maximum Gasteiger partial charge on any atom is 0.228 e. The lowest BCUT2D eigenvalue weighted by molar-refractivity contribution is 0.230. The number of ether oxygens (including phenoxy) is 1. The van der Waals surface area contributed by atoms with Crippen molar-refractivity contribution in [3.63, 3.8) is 0 Å². The molecule has 2 atom stereocenters. The molecule has 0 spiro atoms. The van der Waals surface area contributed by atoms with Gasteiger partial charge in [-0.15, -0.1) is 0 Å². The number of hydrogen-bond acceptors (Lipinski definition) is 8. The molecule has 2 saturated heterocycles. The molecule has 140 valence electrons. The summed E-state index contributed by atoms with van der Waals surface area (Å²) in [5, 5.41) is 26.3. The van der Waals surface area contributed by atoms with E-state index in [9.17, 15) is 0 Å². The SMILES string of the molecule is COc1cc(Nc2cc(CO)[nH]n2)nc(NC2CC3CCCC(C2)N3)n1. The van der Waals surface area contributed by atoms with Crippen LogP contribution in [-0.4, -0.2) is 50.5 Å². The average Bonchev–Trinajstić information content (AvgIpc) is 3.08. The van der Waals surface area contributed by atoms with Gasteiger partial charge < -0.3 is 25.8 Å². The van der Waals surface area contributed by atoms with E-state index in [2.05, 4.69) is 36.1 Å². The summed E-state index contributed by atoms with van der Waals surface area (Å²) in [6, 6.07) is 4.98. The molecule has 0 aliphatic carbocycles. The quantitative estimate of drug-likeness (QED) is 0.527. The Bertz CT molecular complexity index is 738. The minimum absolute atomic E-state index is 0.0906. The minimum Gasteiger partial charge on any atom is -0.481 e. The van der Waals surface area contributed by atoms with Crippen LogP contribution in [-0.2, 0) is 6.61 Å². The molecule has 0 radical (unpaired) electrons. The van der Waals surface area contributed by atoms with E-state index in [1.165, 1.54) is 19.3 Å². The number of aromatic nitrogens is 4. The topological polar surface area (TPSA) is 120 Å². The number of hydrogen-bond donors (Lipinski definition) is 5. The van der Waals surface area contributed by atoms with Gasteiger partial charge in [0.25, 0.3) is 0 Å². The van der Waals surface area contributed by atoms with Gasteiger partial charge in [-0.2, -0.15) is 15.1 Å². The number of methoxy groups -OCH3 is 1. The van der Waals surface area contributed by atoms with E-state index in [0.29, 0.717) is 47.3 Å². The van der Waals surface area contributed by atoms with Gasteiger partial charge in [0.2, 0.25) is 11.8 Å². The highest BCUT2D eigenvalue weighted by molar-refractivity contribution is 5.55. The van der Waals surface area contributed by atoms with Crippen LogP contribution in [0.5, 0.6) is 5.88 Å². The van der Waals surface area contributed by atoms with E-state index < -0.39 is 0 Å². The minimum atomic E-state index is -0.0906. The van der Waals surface area contributed by atoms with Crippen LogP contribution in [0.1, 0.15) is 37.8 Å². The largest absolute Gasteiger partial charge is 0.481 e. The second kappa shape index (κ2) is 7.46. The number of anilines is 3. The Labute approximate surface area is 152 Å². The predicted molar refractivity (Wildman–Crippen MR) is 97.6 cm³/mol. The van der Waals surface area contributed by atoms with Gasteiger partial charge in [-0.1, -0.05) is 6.42 Å². The fourth-order valence-corrected chi connectivity index (χ4v) is 3.86. The van der Waals surface area contributed by atoms with Gasteiger partial charge in [0.15, 0.2) is 5.82 Å². The van der Waals surface area contributed by atoms with Crippen molar-refractivity contribution >= 4 is 17.6 Å². The van der Waals surface area contributed by atoms with E-state index >= 15 is 0 Å². The van der Waals surface area contributed by atoms with Gasteiger partial charge in [-0.3, -0.25) is 5.10 Å². The van der Waals surface area contributed by atoms with Gasteiger partial charge in [0, 0.05) is 30.3 Å². The molecular weight excluding hydrogens is 334 g/mol. The monoisotopic (exact) mass is 359 g/mol. The Morgan fingerprint density at radius 2 is 2.00 bits per heavy atom. The number of nitrogens with zero attached hydrogens (tertiary/aromatic N) is 3. The summed E-state index contributed by atoms with van der Waals surface area (Å²) >= 11 is 0. The Balaban J connectivity index is 1.48. The fraction of sp³-hybridized carbons (Fsp3) is 0.588. The van der Waals surface area contributed by atoms with E-state index in [-0.39, 0.29) is 6.61 Å². The third-order valence-corrected chi connectivity index (χ3v) is 5.02. The van der Waals surface area contributed by atoms with Gasteiger partial charge in [-0.05, 0) is 25.7 Å². The summed E-state index contributed by atoms with van der Waals surface area (Å²) in [6.07, 6.45) is 5.97. The Morgan fingerprint density at radius 3 is 2.69 bits per heavy atom. The smallest absolute Gasteiger partial charge is 0.228 e. The number of aliphatic hydroxyl groups is 1. The maximum absolute atomic E-state index is 9.13. The highest BCUT2D eigenvalue weighted by Crippen LogP contribution is 2.28. The van der Waals surface area contributed by atoms with Crippen molar-refractivity contribution in [1.29, 1.82) is 0 Å². The van der Waals surface area contributed by atoms with E-state index in [1.807, 2.05) is 0 Å².